The maximum absolute atomic E-state index is 12.1. The van der Waals surface area contributed by atoms with Crippen molar-refractivity contribution in [2.75, 3.05) is 25.1 Å². The van der Waals surface area contributed by atoms with Crippen LogP contribution in [0.3, 0.4) is 0 Å². The fourth-order valence-corrected chi connectivity index (χ4v) is 9.37. The van der Waals surface area contributed by atoms with E-state index in [0.29, 0.717) is 46.7 Å². The molecule has 0 aliphatic heterocycles. The monoisotopic (exact) mass is 746 g/mol. The zero-order chi connectivity index (χ0) is 36.4. The summed E-state index contributed by atoms with van der Waals surface area (Å²) in [4.78, 5) is 36.8. The Kier molecular flexibility index (Phi) is 12.7. The molecule has 1 amide bonds. The van der Waals surface area contributed by atoms with E-state index in [1.165, 1.54) is 28.5 Å². The van der Waals surface area contributed by atoms with E-state index in [1.54, 1.807) is 16.8 Å². The number of rotatable bonds is 11. The van der Waals surface area contributed by atoms with Crippen LogP contribution in [-0.2, 0) is 13.7 Å². The van der Waals surface area contributed by atoms with Crippen LogP contribution in [0.15, 0.2) is 124 Å². The number of fused-ring (bicyclic) bond motifs is 1. The van der Waals surface area contributed by atoms with Gasteiger partial charge in [-0.05, 0) is 81.8 Å². The van der Waals surface area contributed by atoms with E-state index in [4.69, 9.17) is 32.1 Å². The van der Waals surface area contributed by atoms with Crippen LogP contribution in [0.2, 0.25) is 10.0 Å². The standard InChI is InChI=1S/C26H31ClN2O3S.C12H9ClN4O/c1-26(2,3)33(22-10-6-4-7-11-22,23-12-8-5-9-13-23)32-19-18-31-17-16-25(30)29-24-15-14-21(27)20-28-24;1-7-9(13)3-2-4-10(7)17-11-8(5-16-17)12(18)15-6-14-11/h4-15,20H,16-19H2,1-3H3,(H,28,29,30);2-6H,1H3,(H,14,15,18). The van der Waals surface area contributed by atoms with E-state index in [9.17, 15) is 9.59 Å². The first-order chi connectivity index (χ1) is 24.5. The largest absolute Gasteiger partial charge is 0.378 e. The van der Waals surface area contributed by atoms with E-state index in [1.807, 2.05) is 37.3 Å². The molecule has 0 atom stereocenters. The second-order valence-electron chi connectivity index (χ2n) is 12.3. The van der Waals surface area contributed by atoms with Crippen molar-refractivity contribution in [1.29, 1.82) is 0 Å². The van der Waals surface area contributed by atoms with Gasteiger partial charge in [0.05, 0.1) is 49.5 Å². The van der Waals surface area contributed by atoms with Crippen molar-refractivity contribution in [2.24, 2.45) is 0 Å². The minimum atomic E-state index is -1.80. The highest BCUT2D eigenvalue weighted by Gasteiger charge is 2.41. The van der Waals surface area contributed by atoms with Gasteiger partial charge in [0.1, 0.15) is 11.2 Å². The topological polar surface area (TPSA) is 124 Å². The fourth-order valence-electron chi connectivity index (χ4n) is 5.38. The van der Waals surface area contributed by atoms with Gasteiger partial charge in [0.2, 0.25) is 5.91 Å². The Hall–Kier alpha value is -4.52. The second-order valence-corrected chi connectivity index (χ2v) is 16.7. The van der Waals surface area contributed by atoms with Gasteiger partial charge in [-0.15, -0.1) is 0 Å². The number of aromatic amines is 1. The number of hydrogen-bond acceptors (Lipinski definition) is 7. The van der Waals surface area contributed by atoms with Gasteiger partial charge >= 0.3 is 0 Å². The third-order valence-corrected chi connectivity index (χ3v) is 12.6. The average Bonchev–Trinajstić information content (AvgIpc) is 3.56. The average molecular weight is 748 g/mol. The molecule has 3 aromatic carbocycles. The molecule has 3 heterocycles. The summed E-state index contributed by atoms with van der Waals surface area (Å²) in [6.07, 6.45) is 4.59. The highest BCUT2D eigenvalue weighted by Crippen LogP contribution is 2.71. The Morgan fingerprint density at radius 3 is 2.18 bits per heavy atom. The van der Waals surface area contributed by atoms with Crippen molar-refractivity contribution in [1.82, 2.24) is 24.7 Å². The molecule has 0 fully saturated rings. The number of halogens is 2. The van der Waals surface area contributed by atoms with E-state index in [2.05, 4.69) is 94.7 Å². The Morgan fingerprint density at radius 1 is 0.863 bits per heavy atom. The molecule has 0 radical (unpaired) electrons. The van der Waals surface area contributed by atoms with Gasteiger partial charge in [0.25, 0.3) is 5.56 Å². The Labute approximate surface area is 308 Å². The molecule has 0 saturated carbocycles. The summed E-state index contributed by atoms with van der Waals surface area (Å²) in [5.41, 5.74) is 2.02. The summed E-state index contributed by atoms with van der Waals surface area (Å²) in [7, 11) is -1.80. The van der Waals surface area contributed by atoms with Crippen LogP contribution in [0.5, 0.6) is 0 Å². The normalized spacial score (nSPS) is 11.9. The number of carbonyl (C=O) groups excluding carboxylic acids is 1. The molecule has 0 saturated heterocycles. The van der Waals surface area contributed by atoms with Crippen molar-refractivity contribution < 1.29 is 13.7 Å². The first-order valence-electron chi connectivity index (χ1n) is 16.2. The molecule has 266 valence electrons. The van der Waals surface area contributed by atoms with Crippen LogP contribution in [0.1, 0.15) is 32.8 Å². The van der Waals surface area contributed by atoms with Gasteiger partial charge in [-0.2, -0.15) is 5.10 Å². The van der Waals surface area contributed by atoms with Crippen molar-refractivity contribution in [2.45, 2.75) is 48.7 Å². The lowest BCUT2D eigenvalue weighted by Gasteiger charge is -2.50. The minimum absolute atomic E-state index is 0.138. The molecule has 0 spiro atoms. The third kappa shape index (κ3) is 9.05. The summed E-state index contributed by atoms with van der Waals surface area (Å²) in [5.74, 6) is 0.311. The highest BCUT2D eigenvalue weighted by molar-refractivity contribution is 8.31. The predicted molar refractivity (Wildman–Crippen MR) is 205 cm³/mol. The number of pyridine rings is 1. The van der Waals surface area contributed by atoms with Gasteiger partial charge in [-0.3, -0.25) is 9.59 Å². The zero-order valence-electron chi connectivity index (χ0n) is 28.8. The predicted octanol–water partition coefficient (Wildman–Crippen LogP) is 8.80. The first-order valence-corrected chi connectivity index (χ1v) is 18.6. The SMILES string of the molecule is CC(C)(C)S(OCCOCCC(=O)Nc1ccc(Cl)cn1)(c1ccccc1)c1ccccc1.Cc1c(Cl)cccc1-n1ncc2c(=O)[nH]cnc21. The molecule has 6 aromatic rings. The molecule has 10 nitrogen and oxygen atoms in total. The molecule has 0 aliphatic carbocycles. The first kappa shape index (κ1) is 37.7. The molecule has 13 heteroatoms. The minimum Gasteiger partial charge on any atom is -0.378 e. The van der Waals surface area contributed by atoms with Gasteiger partial charge in [-0.1, -0.05) is 76.0 Å². The molecule has 0 aliphatic rings. The number of ether oxygens (including phenoxy) is 1. The Bertz CT molecular complexity index is 2060. The fraction of sp³-hybridized carbons (Fsp3) is 0.237. The number of hydrogen-bond donors (Lipinski definition) is 2. The maximum atomic E-state index is 12.1. The molecular weight excluding hydrogens is 707 g/mol. The van der Waals surface area contributed by atoms with Gasteiger partial charge in [0.15, 0.2) is 5.65 Å². The summed E-state index contributed by atoms with van der Waals surface area (Å²) < 4.78 is 13.9. The number of nitrogens with zero attached hydrogens (tertiary/aromatic N) is 4. The molecular formula is C38H40Cl2N6O4S. The summed E-state index contributed by atoms with van der Waals surface area (Å²) in [6, 6.07) is 29.7. The van der Waals surface area contributed by atoms with Crippen LogP contribution in [0.4, 0.5) is 5.82 Å². The smallest absolute Gasteiger partial charge is 0.261 e. The number of nitrogens with one attached hydrogen (secondary N) is 2. The van der Waals surface area contributed by atoms with Gasteiger partial charge in [-0.25, -0.2) is 14.6 Å². The van der Waals surface area contributed by atoms with Gasteiger partial charge in [0, 0.05) is 25.8 Å². The maximum Gasteiger partial charge on any atom is 0.261 e. The van der Waals surface area contributed by atoms with Crippen LogP contribution in [0.25, 0.3) is 16.7 Å². The lowest BCUT2D eigenvalue weighted by atomic mass is 10.2. The summed E-state index contributed by atoms with van der Waals surface area (Å²) in [5, 5.41) is 8.57. The highest BCUT2D eigenvalue weighted by atomic mass is 35.5. The number of H-pyrrole nitrogens is 1. The van der Waals surface area contributed by atoms with Crippen molar-refractivity contribution in [3.63, 3.8) is 0 Å². The van der Waals surface area contributed by atoms with Crippen LogP contribution in [0, 0.1) is 6.92 Å². The molecule has 2 N–H and O–H groups in total. The number of benzene rings is 3. The quantitative estimate of drug-likeness (QED) is 0.127. The summed E-state index contributed by atoms with van der Waals surface area (Å²) in [6.45, 7) is 9.69. The lowest BCUT2D eigenvalue weighted by molar-refractivity contribution is -0.117. The van der Waals surface area contributed by atoms with Crippen molar-refractivity contribution in [3.8, 4) is 5.69 Å². The van der Waals surface area contributed by atoms with Crippen LogP contribution >= 0.6 is 33.5 Å². The van der Waals surface area contributed by atoms with E-state index in [-0.39, 0.29) is 22.6 Å². The Balaban J connectivity index is 0.000000234. The van der Waals surface area contributed by atoms with E-state index in [0.717, 1.165) is 11.3 Å². The second kappa shape index (κ2) is 17.1. The molecule has 6 rings (SSSR count). The lowest BCUT2D eigenvalue weighted by Crippen LogP contribution is -2.29. The Morgan fingerprint density at radius 2 is 1.55 bits per heavy atom. The summed E-state index contributed by atoms with van der Waals surface area (Å²) >= 11 is 11.9. The zero-order valence-corrected chi connectivity index (χ0v) is 31.1. The number of amides is 1. The molecule has 0 unspecified atom stereocenters. The number of aromatic nitrogens is 5. The van der Waals surface area contributed by atoms with Crippen molar-refractivity contribution in [3.05, 3.63) is 136 Å². The molecule has 3 aromatic heterocycles. The molecule has 51 heavy (non-hydrogen) atoms. The molecule has 0 bridgehead atoms. The van der Waals surface area contributed by atoms with Crippen molar-refractivity contribution >= 4 is 56.3 Å². The van der Waals surface area contributed by atoms with E-state index < -0.39 is 10.3 Å². The van der Waals surface area contributed by atoms with Gasteiger partial charge < -0.3 is 19.2 Å². The number of anilines is 1. The number of carbonyl (C=O) groups is 1. The van der Waals surface area contributed by atoms with E-state index >= 15 is 0 Å². The third-order valence-electron chi connectivity index (χ3n) is 7.81. The van der Waals surface area contributed by atoms with Crippen LogP contribution < -0.4 is 10.9 Å². The van der Waals surface area contributed by atoms with Crippen LogP contribution in [-0.4, -0.2) is 55.2 Å².